The number of benzene rings is 2. The molecule has 0 bridgehead atoms. The summed E-state index contributed by atoms with van der Waals surface area (Å²) < 4.78 is 10.9. The molecule has 0 unspecified atom stereocenters. The van der Waals surface area contributed by atoms with Crippen molar-refractivity contribution in [3.8, 4) is 11.5 Å². The van der Waals surface area contributed by atoms with Gasteiger partial charge >= 0.3 is 0 Å². The summed E-state index contributed by atoms with van der Waals surface area (Å²) >= 11 is 5.96. The van der Waals surface area contributed by atoms with Crippen molar-refractivity contribution < 1.29 is 24.2 Å². The van der Waals surface area contributed by atoms with E-state index in [1.54, 1.807) is 60.9 Å². The molecule has 2 aromatic carbocycles. The first-order valence-corrected chi connectivity index (χ1v) is 10.2. The summed E-state index contributed by atoms with van der Waals surface area (Å²) in [7, 11) is 0. The van der Waals surface area contributed by atoms with Gasteiger partial charge in [0.05, 0.1) is 11.6 Å². The Morgan fingerprint density at radius 1 is 1.09 bits per heavy atom. The molecule has 7 nitrogen and oxygen atoms in total. The Morgan fingerprint density at radius 2 is 1.88 bits per heavy atom. The number of hydrogen-bond donors (Lipinski definition) is 1. The molecule has 1 N–H and O–H groups in total. The highest BCUT2D eigenvalue weighted by molar-refractivity contribution is 6.46. The Hall–Kier alpha value is -3.84. The fourth-order valence-corrected chi connectivity index (χ4v) is 4.05. The number of likely N-dealkylation sites (tertiary alicyclic amines) is 1. The number of Topliss-reactive ketones (excluding diaryl/α,β-unsaturated/α-hetero) is 1. The average molecular weight is 449 g/mol. The van der Waals surface area contributed by atoms with Crippen LogP contribution in [0, 0.1) is 0 Å². The number of amides is 1. The number of fused-ring (bicyclic) bond motifs is 1. The lowest BCUT2D eigenvalue weighted by molar-refractivity contribution is -0.140. The van der Waals surface area contributed by atoms with Crippen LogP contribution in [-0.2, 0) is 16.1 Å². The lowest BCUT2D eigenvalue weighted by atomic mass is 9.95. The largest absolute Gasteiger partial charge is 0.507 e. The van der Waals surface area contributed by atoms with E-state index in [1.807, 2.05) is 6.07 Å². The molecule has 32 heavy (non-hydrogen) atoms. The Morgan fingerprint density at radius 3 is 2.62 bits per heavy atom. The summed E-state index contributed by atoms with van der Waals surface area (Å²) in [6.45, 7) is 0.244. The van der Waals surface area contributed by atoms with Gasteiger partial charge in [0, 0.05) is 29.5 Å². The maximum atomic E-state index is 13.1. The van der Waals surface area contributed by atoms with Crippen LogP contribution in [0.25, 0.3) is 5.76 Å². The number of ketones is 1. The van der Waals surface area contributed by atoms with Gasteiger partial charge < -0.3 is 19.5 Å². The summed E-state index contributed by atoms with van der Waals surface area (Å²) in [6, 6.07) is 14.4. The number of carbonyl (C=O) groups excluding carboxylic acids is 2. The minimum atomic E-state index is -0.819. The van der Waals surface area contributed by atoms with Gasteiger partial charge in [-0.15, -0.1) is 0 Å². The second-order valence-corrected chi connectivity index (χ2v) is 7.84. The third-order valence-corrected chi connectivity index (χ3v) is 5.70. The standard InChI is InChI=1S/C24H17ClN2O5/c25-17-6-3-15(4-7-17)22(28)20-21(16-5-8-18-19(10-16)32-13-31-18)27(24(30)23(20)29)12-14-2-1-9-26-11-14/h1-11,21,28H,12-13H2/t21-/m1/s1. The van der Waals surface area contributed by atoms with E-state index < -0.39 is 17.7 Å². The van der Waals surface area contributed by atoms with Crippen LogP contribution < -0.4 is 9.47 Å². The van der Waals surface area contributed by atoms with Crippen molar-refractivity contribution in [2.24, 2.45) is 0 Å². The van der Waals surface area contributed by atoms with Crippen LogP contribution in [-0.4, -0.2) is 33.5 Å². The van der Waals surface area contributed by atoms with E-state index in [0.29, 0.717) is 27.6 Å². The zero-order chi connectivity index (χ0) is 22.2. The molecule has 1 amide bonds. The van der Waals surface area contributed by atoms with Gasteiger partial charge in [0.15, 0.2) is 11.5 Å². The number of aliphatic hydroxyl groups is 1. The minimum absolute atomic E-state index is 0.0000723. The summed E-state index contributed by atoms with van der Waals surface area (Å²) in [5, 5.41) is 11.6. The summed E-state index contributed by atoms with van der Waals surface area (Å²) in [4.78, 5) is 31.7. The van der Waals surface area contributed by atoms with Gasteiger partial charge in [-0.25, -0.2) is 0 Å². The molecule has 0 radical (unpaired) electrons. The quantitative estimate of drug-likeness (QED) is 0.367. The van der Waals surface area contributed by atoms with Crippen LogP contribution in [0.3, 0.4) is 0 Å². The molecule has 1 aromatic heterocycles. The monoisotopic (exact) mass is 448 g/mol. The molecule has 2 aliphatic rings. The van der Waals surface area contributed by atoms with Crippen molar-refractivity contribution in [2.45, 2.75) is 12.6 Å². The Kier molecular flexibility index (Phi) is 5.03. The number of nitrogens with zero attached hydrogens (tertiary/aromatic N) is 2. The van der Waals surface area contributed by atoms with E-state index in [9.17, 15) is 14.7 Å². The molecule has 3 heterocycles. The fraction of sp³-hybridized carbons (Fsp3) is 0.125. The Balaban J connectivity index is 1.65. The average Bonchev–Trinajstić information content (AvgIpc) is 3.37. The predicted molar refractivity (Wildman–Crippen MR) is 116 cm³/mol. The predicted octanol–water partition coefficient (Wildman–Crippen LogP) is 4.09. The van der Waals surface area contributed by atoms with E-state index in [0.717, 1.165) is 5.56 Å². The molecule has 2 aliphatic heterocycles. The van der Waals surface area contributed by atoms with Crippen molar-refractivity contribution in [1.29, 1.82) is 0 Å². The third-order valence-electron chi connectivity index (χ3n) is 5.45. The lowest BCUT2D eigenvalue weighted by Crippen LogP contribution is -2.29. The number of hydrogen-bond acceptors (Lipinski definition) is 6. The summed E-state index contributed by atoms with van der Waals surface area (Å²) in [5.74, 6) is -0.635. The van der Waals surface area contributed by atoms with Crippen molar-refractivity contribution >= 4 is 29.1 Å². The molecule has 1 atom stereocenters. The lowest BCUT2D eigenvalue weighted by Gasteiger charge is -2.25. The van der Waals surface area contributed by atoms with Gasteiger partial charge in [-0.2, -0.15) is 0 Å². The first-order chi connectivity index (χ1) is 15.5. The topological polar surface area (TPSA) is 89.0 Å². The molecule has 0 spiro atoms. The first kappa shape index (κ1) is 20.1. The number of halogens is 1. The van der Waals surface area contributed by atoms with Crippen molar-refractivity contribution in [1.82, 2.24) is 9.88 Å². The second kappa shape index (κ2) is 8.01. The van der Waals surface area contributed by atoms with Gasteiger partial charge in [0.2, 0.25) is 6.79 Å². The third kappa shape index (κ3) is 3.46. The highest BCUT2D eigenvalue weighted by atomic mass is 35.5. The second-order valence-electron chi connectivity index (χ2n) is 7.41. The van der Waals surface area contributed by atoms with Gasteiger partial charge in [-0.3, -0.25) is 14.6 Å². The van der Waals surface area contributed by atoms with Gasteiger partial charge in [0.25, 0.3) is 11.7 Å². The highest BCUT2D eigenvalue weighted by Crippen LogP contribution is 2.43. The number of rotatable bonds is 4. The van der Waals surface area contributed by atoms with Crippen molar-refractivity contribution in [3.05, 3.63) is 94.3 Å². The molecule has 8 heteroatoms. The molecule has 160 valence electrons. The molecule has 0 saturated carbocycles. The zero-order valence-corrected chi connectivity index (χ0v) is 17.5. The Bertz CT molecular complexity index is 1240. The maximum Gasteiger partial charge on any atom is 0.295 e. The van der Waals surface area contributed by atoms with Crippen LogP contribution in [0.2, 0.25) is 5.02 Å². The molecule has 1 saturated heterocycles. The number of aliphatic hydroxyl groups excluding tert-OH is 1. The highest BCUT2D eigenvalue weighted by Gasteiger charge is 2.46. The molecule has 5 rings (SSSR count). The number of pyridine rings is 1. The van der Waals surface area contributed by atoms with E-state index in [1.165, 1.54) is 4.90 Å². The summed E-state index contributed by atoms with van der Waals surface area (Å²) in [5.41, 5.74) is 1.76. The van der Waals surface area contributed by atoms with Crippen LogP contribution in [0.15, 0.2) is 72.6 Å². The van der Waals surface area contributed by atoms with Crippen molar-refractivity contribution in [3.63, 3.8) is 0 Å². The van der Waals surface area contributed by atoms with Gasteiger partial charge in [0.1, 0.15) is 5.76 Å². The van der Waals surface area contributed by atoms with E-state index in [4.69, 9.17) is 21.1 Å². The van der Waals surface area contributed by atoms with Crippen molar-refractivity contribution in [2.75, 3.05) is 6.79 Å². The smallest absolute Gasteiger partial charge is 0.295 e. The van der Waals surface area contributed by atoms with Gasteiger partial charge in [-0.1, -0.05) is 23.7 Å². The van der Waals surface area contributed by atoms with E-state index in [2.05, 4.69) is 4.98 Å². The fourth-order valence-electron chi connectivity index (χ4n) is 3.92. The Labute approximate surface area is 188 Å². The molecule has 0 aliphatic carbocycles. The SMILES string of the molecule is O=C1C(=O)N(Cc2cccnc2)[C@H](c2ccc3c(c2)OCO3)C1=C(O)c1ccc(Cl)cc1. The van der Waals surface area contributed by atoms with E-state index >= 15 is 0 Å². The first-order valence-electron chi connectivity index (χ1n) is 9.86. The van der Waals surface area contributed by atoms with Crippen LogP contribution in [0.1, 0.15) is 22.7 Å². The van der Waals surface area contributed by atoms with Gasteiger partial charge in [-0.05, 0) is 53.6 Å². The normalized spacial score (nSPS) is 18.9. The number of ether oxygens (including phenoxy) is 2. The van der Waals surface area contributed by atoms with E-state index in [-0.39, 0.29) is 24.7 Å². The maximum absolute atomic E-state index is 13.1. The minimum Gasteiger partial charge on any atom is -0.507 e. The number of aromatic nitrogens is 1. The molecule has 1 fully saturated rings. The van der Waals surface area contributed by atoms with Crippen LogP contribution >= 0.6 is 11.6 Å². The molecular weight excluding hydrogens is 432 g/mol. The number of carbonyl (C=O) groups is 2. The van der Waals surface area contributed by atoms with Crippen LogP contribution in [0.5, 0.6) is 11.5 Å². The molecular formula is C24H17ClN2O5. The summed E-state index contributed by atoms with van der Waals surface area (Å²) in [6.07, 6.45) is 3.27. The molecule has 3 aromatic rings. The zero-order valence-electron chi connectivity index (χ0n) is 16.7. The van der Waals surface area contributed by atoms with Crippen LogP contribution in [0.4, 0.5) is 0 Å².